The summed E-state index contributed by atoms with van der Waals surface area (Å²) in [6.45, 7) is 3.15. The van der Waals surface area contributed by atoms with Crippen molar-refractivity contribution in [3.8, 4) is 0 Å². The monoisotopic (exact) mass is 485 g/mol. The fourth-order valence-corrected chi connectivity index (χ4v) is 5.25. The highest BCUT2D eigenvalue weighted by Gasteiger charge is 2.11. The lowest BCUT2D eigenvalue weighted by atomic mass is 9.97. The van der Waals surface area contributed by atoms with E-state index in [9.17, 15) is 0 Å². The Morgan fingerprint density at radius 2 is 1.57 bits per heavy atom. The minimum Gasteiger partial charge on any atom is -0.338 e. The van der Waals surface area contributed by atoms with E-state index in [1.54, 1.807) is 0 Å². The average molecular weight is 486 g/mol. The fourth-order valence-electron chi connectivity index (χ4n) is 5.25. The first-order valence-corrected chi connectivity index (χ1v) is 14.0. The molecule has 2 aromatic carbocycles. The van der Waals surface area contributed by atoms with E-state index in [1.165, 1.54) is 52.1 Å². The molecule has 0 aliphatic heterocycles. The van der Waals surface area contributed by atoms with Crippen LogP contribution in [0.5, 0.6) is 0 Å². The van der Waals surface area contributed by atoms with Gasteiger partial charge in [-0.3, -0.25) is 0 Å². The second-order valence-electron chi connectivity index (χ2n) is 10.4. The number of anilines is 2. The minimum atomic E-state index is 0.680. The van der Waals surface area contributed by atoms with Crippen LogP contribution in [0.2, 0.25) is 0 Å². The van der Waals surface area contributed by atoms with Crippen molar-refractivity contribution in [2.75, 3.05) is 11.4 Å². The van der Waals surface area contributed by atoms with Gasteiger partial charge in [-0.1, -0.05) is 98.0 Å². The highest BCUT2D eigenvalue weighted by atomic mass is 15.1. The first-order valence-electron chi connectivity index (χ1n) is 14.0. The van der Waals surface area contributed by atoms with E-state index in [1.807, 2.05) is 0 Å². The van der Waals surface area contributed by atoms with E-state index in [0.717, 1.165) is 38.6 Å². The van der Waals surface area contributed by atoms with Crippen molar-refractivity contribution < 1.29 is 0 Å². The molecule has 0 bridgehead atoms. The molecule has 0 fully saturated rings. The van der Waals surface area contributed by atoms with E-state index in [-0.39, 0.29) is 0 Å². The first-order chi connectivity index (χ1) is 18.3. The molecule has 3 aliphatic carbocycles. The molecule has 188 valence electrons. The lowest BCUT2D eigenvalue weighted by Gasteiger charge is -2.25. The van der Waals surface area contributed by atoms with Gasteiger partial charge in [-0.25, -0.2) is 0 Å². The van der Waals surface area contributed by atoms with Gasteiger partial charge >= 0.3 is 0 Å². The zero-order valence-electron chi connectivity index (χ0n) is 22.2. The van der Waals surface area contributed by atoms with Crippen LogP contribution in [0.4, 0.5) is 11.4 Å². The molecule has 1 nitrogen and oxygen atoms in total. The third kappa shape index (κ3) is 6.80. The molecular formula is C36H39N. The van der Waals surface area contributed by atoms with Crippen molar-refractivity contribution in [1.29, 1.82) is 0 Å². The van der Waals surface area contributed by atoms with Crippen molar-refractivity contribution in [3.63, 3.8) is 0 Å². The Morgan fingerprint density at radius 1 is 0.784 bits per heavy atom. The Balaban J connectivity index is 1.35. The van der Waals surface area contributed by atoms with Crippen LogP contribution in [-0.4, -0.2) is 6.54 Å². The SMILES string of the molecule is CC1C=CC(C/C=C\CN(c2ccc(C3=CCCC=C3)cc2)c2ccc(C3=CC=CCC3)cc2)=CCC1. The van der Waals surface area contributed by atoms with Crippen LogP contribution in [0.25, 0.3) is 11.1 Å². The molecule has 0 saturated heterocycles. The second-order valence-corrected chi connectivity index (χ2v) is 10.4. The smallest absolute Gasteiger partial charge is 0.0414 e. The summed E-state index contributed by atoms with van der Waals surface area (Å²) in [5, 5.41) is 0. The molecule has 1 atom stereocenters. The lowest BCUT2D eigenvalue weighted by molar-refractivity contribution is 0.662. The van der Waals surface area contributed by atoms with Gasteiger partial charge in [-0.05, 0) is 103 Å². The van der Waals surface area contributed by atoms with Crippen molar-refractivity contribution in [1.82, 2.24) is 0 Å². The number of allylic oxidation sites excluding steroid dienone is 13. The molecule has 1 heteroatoms. The van der Waals surface area contributed by atoms with E-state index in [0.29, 0.717) is 5.92 Å². The summed E-state index contributed by atoms with van der Waals surface area (Å²) in [7, 11) is 0. The van der Waals surface area contributed by atoms with Gasteiger partial charge in [0.15, 0.2) is 0 Å². The van der Waals surface area contributed by atoms with E-state index < -0.39 is 0 Å². The van der Waals surface area contributed by atoms with Crippen molar-refractivity contribution >= 4 is 22.5 Å². The van der Waals surface area contributed by atoms with Gasteiger partial charge in [0, 0.05) is 17.9 Å². The van der Waals surface area contributed by atoms with E-state index in [4.69, 9.17) is 0 Å². The normalized spacial score (nSPS) is 19.4. The van der Waals surface area contributed by atoms with E-state index >= 15 is 0 Å². The highest BCUT2D eigenvalue weighted by Crippen LogP contribution is 2.31. The second kappa shape index (κ2) is 12.6. The number of benzene rings is 2. The van der Waals surface area contributed by atoms with Crippen molar-refractivity contribution in [3.05, 3.63) is 132 Å². The molecule has 0 amide bonds. The fraction of sp³-hybridized carbons (Fsp3) is 0.278. The summed E-state index contributed by atoms with van der Waals surface area (Å²) in [5.41, 5.74) is 9.28. The predicted octanol–water partition coefficient (Wildman–Crippen LogP) is 10.2. The Labute approximate surface area is 223 Å². The predicted molar refractivity (Wildman–Crippen MR) is 162 cm³/mol. The molecule has 0 N–H and O–H groups in total. The molecule has 1 unspecified atom stereocenters. The molecular weight excluding hydrogens is 446 g/mol. The van der Waals surface area contributed by atoms with Crippen LogP contribution in [0.15, 0.2) is 121 Å². The summed E-state index contributed by atoms with van der Waals surface area (Å²) in [6, 6.07) is 18.2. The first kappa shape index (κ1) is 25.1. The van der Waals surface area contributed by atoms with Crippen molar-refractivity contribution in [2.45, 2.75) is 51.9 Å². The standard InChI is InChI=1S/C36H39N/c1-29-11-10-13-30(19-18-29)12-8-9-28-37(35-24-20-33(21-25-35)31-14-4-2-5-15-31)36-26-22-34(23-27-36)32-16-6-3-7-17-32/h2,4,6,8-9,13-14,16-27,29H,3,5,7,10-12,15,28H2,1H3/b9-8-. The highest BCUT2D eigenvalue weighted by molar-refractivity contribution is 5.77. The van der Waals surface area contributed by atoms with Gasteiger partial charge in [0.05, 0.1) is 0 Å². The summed E-state index contributed by atoms with van der Waals surface area (Å²) in [6.07, 6.45) is 33.3. The Bertz CT molecular complexity index is 1260. The molecule has 0 aromatic heterocycles. The molecule has 3 aliphatic rings. The van der Waals surface area contributed by atoms with Crippen molar-refractivity contribution in [2.24, 2.45) is 5.92 Å². The number of rotatable bonds is 8. The van der Waals surface area contributed by atoms with Crippen LogP contribution in [-0.2, 0) is 0 Å². The Kier molecular flexibility index (Phi) is 8.54. The molecule has 0 saturated carbocycles. The molecule has 37 heavy (non-hydrogen) atoms. The van der Waals surface area contributed by atoms with Crippen LogP contribution >= 0.6 is 0 Å². The topological polar surface area (TPSA) is 3.24 Å². The molecule has 2 aromatic rings. The number of hydrogen-bond acceptors (Lipinski definition) is 1. The molecule has 0 spiro atoms. The number of hydrogen-bond donors (Lipinski definition) is 0. The third-order valence-electron chi connectivity index (χ3n) is 7.55. The largest absolute Gasteiger partial charge is 0.338 e. The molecule has 0 heterocycles. The van der Waals surface area contributed by atoms with Crippen LogP contribution in [0.1, 0.15) is 63.0 Å². The van der Waals surface area contributed by atoms with Gasteiger partial charge in [-0.15, -0.1) is 0 Å². The minimum absolute atomic E-state index is 0.680. The third-order valence-corrected chi connectivity index (χ3v) is 7.55. The zero-order chi connectivity index (χ0) is 25.3. The van der Waals surface area contributed by atoms with Gasteiger partial charge in [0.2, 0.25) is 0 Å². The maximum absolute atomic E-state index is 2.42. The Hall–Kier alpha value is -3.58. The van der Waals surface area contributed by atoms with Crippen LogP contribution < -0.4 is 4.90 Å². The maximum Gasteiger partial charge on any atom is 0.0414 e. The van der Waals surface area contributed by atoms with Gasteiger partial charge in [0.1, 0.15) is 0 Å². The van der Waals surface area contributed by atoms with Gasteiger partial charge < -0.3 is 4.90 Å². The van der Waals surface area contributed by atoms with Gasteiger partial charge in [0.25, 0.3) is 0 Å². The quantitative estimate of drug-likeness (QED) is 0.336. The molecule has 0 radical (unpaired) electrons. The summed E-state index contributed by atoms with van der Waals surface area (Å²) < 4.78 is 0. The zero-order valence-corrected chi connectivity index (χ0v) is 22.2. The summed E-state index contributed by atoms with van der Waals surface area (Å²) >= 11 is 0. The lowest BCUT2D eigenvalue weighted by Crippen LogP contribution is -2.17. The van der Waals surface area contributed by atoms with Crippen LogP contribution in [0, 0.1) is 5.92 Å². The Morgan fingerprint density at radius 3 is 2.27 bits per heavy atom. The molecule has 5 rings (SSSR count). The summed E-state index contributed by atoms with van der Waals surface area (Å²) in [4.78, 5) is 2.42. The average Bonchev–Trinajstić information content (AvgIpc) is 3.18. The number of nitrogens with zero attached hydrogens (tertiary/aromatic N) is 1. The summed E-state index contributed by atoms with van der Waals surface area (Å²) in [5.74, 6) is 0.680. The van der Waals surface area contributed by atoms with Gasteiger partial charge in [-0.2, -0.15) is 0 Å². The maximum atomic E-state index is 2.42. The van der Waals surface area contributed by atoms with E-state index in [2.05, 4.69) is 127 Å². The van der Waals surface area contributed by atoms with Crippen LogP contribution in [0.3, 0.4) is 0 Å².